The van der Waals surface area contributed by atoms with Gasteiger partial charge in [-0.1, -0.05) is 23.7 Å². The fourth-order valence-electron chi connectivity index (χ4n) is 2.46. The van der Waals surface area contributed by atoms with Gasteiger partial charge in [0.15, 0.2) is 0 Å². The highest BCUT2D eigenvalue weighted by Crippen LogP contribution is 2.45. The highest BCUT2D eigenvalue weighted by molar-refractivity contribution is 7.89. The molecule has 118 valence electrons. The number of nitrogens with one attached hydrogen (secondary N) is 1. The van der Waals surface area contributed by atoms with E-state index in [1.807, 2.05) is 0 Å². The Labute approximate surface area is 134 Å². The van der Waals surface area contributed by atoms with Gasteiger partial charge in [0.1, 0.15) is 16.3 Å². The first-order valence-electron chi connectivity index (χ1n) is 6.94. The van der Waals surface area contributed by atoms with E-state index in [1.165, 1.54) is 18.4 Å². The zero-order valence-electron chi connectivity index (χ0n) is 11.7. The van der Waals surface area contributed by atoms with Crippen LogP contribution >= 0.6 is 11.6 Å². The Morgan fingerprint density at radius 3 is 2.59 bits per heavy atom. The SMILES string of the molecule is O=S(=O)(NC[C@](O)(c1ccco1)C1CC1)c1ccccc1Cl. The first-order valence-corrected chi connectivity index (χ1v) is 8.80. The molecule has 1 aromatic heterocycles. The van der Waals surface area contributed by atoms with Gasteiger partial charge in [-0.15, -0.1) is 0 Å². The first kappa shape index (κ1) is 15.6. The third-order valence-corrected chi connectivity index (χ3v) is 5.76. The van der Waals surface area contributed by atoms with E-state index in [0.29, 0.717) is 5.76 Å². The Bertz CT molecular complexity index is 756. The highest BCUT2D eigenvalue weighted by atomic mass is 35.5. The molecule has 1 fully saturated rings. The van der Waals surface area contributed by atoms with Gasteiger partial charge in [-0.05, 0) is 43.0 Å². The molecule has 0 spiro atoms. The van der Waals surface area contributed by atoms with E-state index in [-0.39, 0.29) is 22.4 Å². The van der Waals surface area contributed by atoms with Crippen molar-refractivity contribution < 1.29 is 17.9 Å². The Balaban J connectivity index is 1.83. The van der Waals surface area contributed by atoms with E-state index in [9.17, 15) is 13.5 Å². The van der Waals surface area contributed by atoms with Gasteiger partial charge in [-0.3, -0.25) is 0 Å². The molecular formula is C15H16ClNO4S. The van der Waals surface area contributed by atoms with Crippen molar-refractivity contribution in [1.82, 2.24) is 4.72 Å². The van der Waals surface area contributed by atoms with Gasteiger partial charge in [-0.2, -0.15) is 0 Å². The maximum Gasteiger partial charge on any atom is 0.242 e. The summed E-state index contributed by atoms with van der Waals surface area (Å²) in [7, 11) is -3.80. The van der Waals surface area contributed by atoms with Crippen molar-refractivity contribution in [3.8, 4) is 0 Å². The standard InChI is InChI=1S/C15H16ClNO4S/c16-12-4-1-2-5-13(12)22(19,20)17-10-15(18,11-7-8-11)14-6-3-9-21-14/h1-6,9,11,17-18H,7-8,10H2/t15-/m1/s1. The zero-order valence-corrected chi connectivity index (χ0v) is 13.3. The van der Waals surface area contributed by atoms with Crippen molar-refractivity contribution >= 4 is 21.6 Å². The average Bonchev–Trinajstić information content (AvgIpc) is 3.20. The zero-order chi connectivity index (χ0) is 15.8. The second-order valence-electron chi connectivity index (χ2n) is 5.43. The Kier molecular flexibility index (Phi) is 4.03. The molecule has 0 aliphatic heterocycles. The molecule has 1 saturated carbocycles. The van der Waals surface area contributed by atoms with Crippen LogP contribution < -0.4 is 4.72 Å². The van der Waals surface area contributed by atoms with Crippen molar-refractivity contribution in [1.29, 1.82) is 0 Å². The molecule has 7 heteroatoms. The maximum absolute atomic E-state index is 12.4. The van der Waals surface area contributed by atoms with E-state index in [0.717, 1.165) is 12.8 Å². The van der Waals surface area contributed by atoms with E-state index < -0.39 is 15.6 Å². The van der Waals surface area contributed by atoms with Crippen molar-refractivity contribution in [2.45, 2.75) is 23.3 Å². The highest BCUT2D eigenvalue weighted by Gasteiger charge is 2.47. The minimum atomic E-state index is -3.80. The molecule has 22 heavy (non-hydrogen) atoms. The molecule has 1 atom stereocenters. The predicted octanol–water partition coefficient (Wildman–Crippen LogP) is 2.51. The molecule has 5 nitrogen and oxygen atoms in total. The monoisotopic (exact) mass is 341 g/mol. The third kappa shape index (κ3) is 2.92. The van der Waals surface area contributed by atoms with Crippen molar-refractivity contribution in [2.24, 2.45) is 5.92 Å². The molecule has 2 aromatic rings. The lowest BCUT2D eigenvalue weighted by Crippen LogP contribution is -2.42. The summed E-state index contributed by atoms with van der Waals surface area (Å²) in [5, 5.41) is 11.0. The van der Waals surface area contributed by atoms with Crippen LogP contribution in [0.3, 0.4) is 0 Å². The maximum atomic E-state index is 12.4. The summed E-state index contributed by atoms with van der Waals surface area (Å²) in [4.78, 5) is -0.00532. The van der Waals surface area contributed by atoms with Gasteiger partial charge in [0.05, 0.1) is 11.3 Å². The summed E-state index contributed by atoms with van der Waals surface area (Å²) in [6, 6.07) is 9.52. The molecule has 0 saturated heterocycles. The molecule has 0 amide bonds. The van der Waals surface area contributed by atoms with Crippen LogP contribution in [0.25, 0.3) is 0 Å². The molecule has 2 N–H and O–H groups in total. The van der Waals surface area contributed by atoms with Crippen molar-refractivity contribution in [3.63, 3.8) is 0 Å². The molecular weight excluding hydrogens is 326 g/mol. The summed E-state index contributed by atoms with van der Waals surface area (Å²) in [6.07, 6.45) is 3.14. The topological polar surface area (TPSA) is 79.5 Å². The molecule has 0 bridgehead atoms. The number of halogens is 1. The van der Waals surface area contributed by atoms with Crippen LogP contribution in [-0.2, 0) is 15.6 Å². The lowest BCUT2D eigenvalue weighted by Gasteiger charge is -2.26. The summed E-state index contributed by atoms with van der Waals surface area (Å²) in [5.41, 5.74) is -1.34. The summed E-state index contributed by atoms with van der Waals surface area (Å²) >= 11 is 5.93. The fraction of sp³-hybridized carbons (Fsp3) is 0.333. The molecule has 0 unspecified atom stereocenters. The molecule has 1 aromatic carbocycles. The van der Waals surface area contributed by atoms with Gasteiger partial charge in [0.25, 0.3) is 0 Å². The van der Waals surface area contributed by atoms with Crippen LogP contribution in [0.4, 0.5) is 0 Å². The second-order valence-corrected chi connectivity index (χ2v) is 7.57. The summed E-state index contributed by atoms with van der Waals surface area (Å²) in [5.74, 6) is 0.365. The van der Waals surface area contributed by atoms with Gasteiger partial charge in [0, 0.05) is 6.54 Å². The minimum absolute atomic E-state index is 0.00532. The van der Waals surface area contributed by atoms with Crippen LogP contribution in [0.5, 0.6) is 0 Å². The number of hydrogen-bond donors (Lipinski definition) is 2. The minimum Gasteiger partial charge on any atom is -0.466 e. The number of hydrogen-bond acceptors (Lipinski definition) is 4. The Morgan fingerprint density at radius 1 is 1.27 bits per heavy atom. The smallest absolute Gasteiger partial charge is 0.242 e. The number of rotatable bonds is 6. The third-order valence-electron chi connectivity index (χ3n) is 3.86. The number of benzene rings is 1. The van der Waals surface area contributed by atoms with Gasteiger partial charge in [0.2, 0.25) is 10.0 Å². The largest absolute Gasteiger partial charge is 0.466 e. The average molecular weight is 342 g/mol. The van der Waals surface area contributed by atoms with E-state index in [2.05, 4.69) is 4.72 Å². The van der Waals surface area contributed by atoms with E-state index >= 15 is 0 Å². The summed E-state index contributed by atoms with van der Waals surface area (Å²) < 4.78 is 32.5. The first-order chi connectivity index (χ1) is 10.4. The molecule has 1 aliphatic rings. The lowest BCUT2D eigenvalue weighted by atomic mass is 9.95. The number of aliphatic hydroxyl groups is 1. The normalized spacial score (nSPS) is 18.1. The van der Waals surface area contributed by atoms with Crippen molar-refractivity contribution in [2.75, 3.05) is 6.54 Å². The van der Waals surface area contributed by atoms with Gasteiger partial charge in [-0.25, -0.2) is 13.1 Å². The van der Waals surface area contributed by atoms with Crippen LogP contribution in [-0.4, -0.2) is 20.1 Å². The van der Waals surface area contributed by atoms with Crippen LogP contribution in [0.1, 0.15) is 18.6 Å². The van der Waals surface area contributed by atoms with E-state index in [1.54, 1.807) is 24.3 Å². The predicted molar refractivity (Wildman–Crippen MR) is 82.0 cm³/mol. The van der Waals surface area contributed by atoms with Crippen LogP contribution in [0.2, 0.25) is 5.02 Å². The van der Waals surface area contributed by atoms with E-state index in [4.69, 9.17) is 16.0 Å². The number of furan rings is 1. The molecule has 1 aliphatic carbocycles. The quantitative estimate of drug-likeness (QED) is 0.846. The fourth-order valence-corrected chi connectivity index (χ4v) is 4.05. The molecule has 0 radical (unpaired) electrons. The number of sulfonamides is 1. The van der Waals surface area contributed by atoms with Gasteiger partial charge < -0.3 is 9.52 Å². The van der Waals surface area contributed by atoms with Crippen LogP contribution in [0, 0.1) is 5.92 Å². The Morgan fingerprint density at radius 2 is 2.00 bits per heavy atom. The Hall–Kier alpha value is -1.34. The van der Waals surface area contributed by atoms with Crippen LogP contribution in [0.15, 0.2) is 52.0 Å². The lowest BCUT2D eigenvalue weighted by molar-refractivity contribution is -0.00224. The molecule has 3 rings (SSSR count). The summed E-state index contributed by atoms with van der Waals surface area (Å²) in [6.45, 7) is -0.154. The van der Waals surface area contributed by atoms with Crippen molar-refractivity contribution in [3.05, 3.63) is 53.4 Å². The second kappa shape index (κ2) is 5.70. The van der Waals surface area contributed by atoms with Gasteiger partial charge >= 0.3 is 0 Å². The molecule has 1 heterocycles.